The van der Waals surface area contributed by atoms with Gasteiger partial charge in [-0.15, -0.1) is 0 Å². The first kappa shape index (κ1) is 26.5. The Bertz CT molecular complexity index is 792. The van der Waals surface area contributed by atoms with Gasteiger partial charge >= 0.3 is 0 Å². The van der Waals surface area contributed by atoms with Crippen LogP contribution < -0.4 is 5.73 Å². The zero-order valence-corrected chi connectivity index (χ0v) is 21.6. The normalized spacial score (nSPS) is 26.1. The molecule has 3 rings (SSSR count). The Hall–Kier alpha value is -0.760. The van der Waals surface area contributed by atoms with E-state index in [-0.39, 0.29) is 29.1 Å². The predicted octanol–water partition coefficient (Wildman–Crippen LogP) is 3.95. The topological polar surface area (TPSA) is 80.5 Å². The van der Waals surface area contributed by atoms with Crippen LogP contribution in [0.1, 0.15) is 65.9 Å². The Kier molecular flexibility index (Phi) is 9.74. The van der Waals surface area contributed by atoms with Crippen molar-refractivity contribution in [2.45, 2.75) is 83.6 Å². The van der Waals surface area contributed by atoms with Crippen LogP contribution in [0.5, 0.6) is 0 Å². The van der Waals surface area contributed by atoms with Crippen LogP contribution in [0.4, 0.5) is 0 Å². The Balaban J connectivity index is 0.00000166. The molecular weight excluding hydrogens is 428 g/mol. The number of rotatable bonds is 8. The molecule has 0 saturated carbocycles. The molecule has 1 aromatic carbocycles. The number of fused-ring (bicyclic) bond motifs is 2. The van der Waals surface area contributed by atoms with E-state index in [1.807, 2.05) is 40.7 Å². The SMILES string of the molecule is CC.CC(C)(C)[S@](=O)C[C@H](Cc1ccccc1)C1C[C@H]2CC[C@@H](C1)N2S(=O)(=O)CCN. The van der Waals surface area contributed by atoms with E-state index in [9.17, 15) is 12.6 Å². The van der Waals surface area contributed by atoms with Crippen molar-refractivity contribution >= 4 is 20.8 Å². The van der Waals surface area contributed by atoms with Gasteiger partial charge < -0.3 is 5.73 Å². The van der Waals surface area contributed by atoms with Crippen LogP contribution in [-0.2, 0) is 27.2 Å². The summed E-state index contributed by atoms with van der Waals surface area (Å²) in [6, 6.07) is 10.6. The zero-order chi connectivity index (χ0) is 23.2. The maximum Gasteiger partial charge on any atom is 0.215 e. The molecule has 5 atom stereocenters. The molecule has 7 heteroatoms. The van der Waals surface area contributed by atoms with E-state index in [1.165, 1.54) is 5.56 Å². The summed E-state index contributed by atoms with van der Waals surface area (Å²) in [4.78, 5) is 0. The van der Waals surface area contributed by atoms with Crippen LogP contribution in [0.15, 0.2) is 30.3 Å². The van der Waals surface area contributed by atoms with E-state index in [0.29, 0.717) is 17.6 Å². The number of sulfonamides is 1. The van der Waals surface area contributed by atoms with Gasteiger partial charge in [0.25, 0.3) is 0 Å². The largest absolute Gasteiger partial charge is 0.329 e. The van der Waals surface area contributed by atoms with E-state index in [2.05, 4.69) is 24.3 Å². The van der Waals surface area contributed by atoms with Gasteiger partial charge in [-0.1, -0.05) is 44.2 Å². The highest BCUT2D eigenvalue weighted by atomic mass is 32.2. The molecule has 1 unspecified atom stereocenters. The molecule has 0 aliphatic carbocycles. The summed E-state index contributed by atoms with van der Waals surface area (Å²) in [7, 11) is -4.20. The highest BCUT2D eigenvalue weighted by Crippen LogP contribution is 2.44. The summed E-state index contributed by atoms with van der Waals surface area (Å²) in [5.74, 6) is 1.42. The van der Waals surface area contributed by atoms with Crippen molar-refractivity contribution in [3.63, 3.8) is 0 Å². The van der Waals surface area contributed by atoms with Crippen molar-refractivity contribution < 1.29 is 12.6 Å². The van der Waals surface area contributed by atoms with Gasteiger partial charge in [0, 0.05) is 39.9 Å². The fourth-order valence-electron chi connectivity index (χ4n) is 4.99. The first-order valence-electron chi connectivity index (χ1n) is 11.8. The average molecular weight is 471 g/mol. The van der Waals surface area contributed by atoms with E-state index < -0.39 is 20.8 Å². The van der Waals surface area contributed by atoms with Gasteiger partial charge in [0.2, 0.25) is 10.0 Å². The van der Waals surface area contributed by atoms with Crippen LogP contribution in [0.25, 0.3) is 0 Å². The molecule has 178 valence electrons. The molecule has 0 radical (unpaired) electrons. The fourth-order valence-corrected chi connectivity index (χ4v) is 8.07. The second kappa shape index (κ2) is 11.4. The van der Waals surface area contributed by atoms with Crippen molar-refractivity contribution in [1.29, 1.82) is 0 Å². The number of hydrogen-bond donors (Lipinski definition) is 1. The lowest BCUT2D eigenvalue weighted by Gasteiger charge is -2.41. The number of hydrogen-bond acceptors (Lipinski definition) is 4. The lowest BCUT2D eigenvalue weighted by atomic mass is 9.79. The summed E-state index contributed by atoms with van der Waals surface area (Å²) >= 11 is 0. The Morgan fingerprint density at radius 3 is 2.13 bits per heavy atom. The van der Waals surface area contributed by atoms with Gasteiger partial charge in [0.15, 0.2) is 0 Å². The van der Waals surface area contributed by atoms with Gasteiger partial charge in [0.05, 0.1) is 5.75 Å². The second-order valence-electron chi connectivity index (χ2n) is 9.63. The third kappa shape index (κ3) is 6.86. The Morgan fingerprint density at radius 2 is 1.65 bits per heavy atom. The van der Waals surface area contributed by atoms with E-state index in [1.54, 1.807) is 4.31 Å². The average Bonchev–Trinajstić information content (AvgIpc) is 3.00. The molecule has 2 bridgehead atoms. The molecule has 2 N–H and O–H groups in total. The van der Waals surface area contributed by atoms with Gasteiger partial charge in [-0.05, 0) is 70.3 Å². The van der Waals surface area contributed by atoms with Crippen LogP contribution in [0.3, 0.4) is 0 Å². The standard InChI is InChI=1S/C22H36N2O3S2.C2H6/c1-22(2,3)28(25)16-19(13-17-7-5-4-6-8-17)18-14-20-9-10-21(15-18)24(20)29(26,27)12-11-23;1-2/h4-8,18-21H,9-16,23H2,1-3H3;1-2H3/t18?,19-,20-,21+,28+;/m0./s1. The third-order valence-corrected chi connectivity index (χ3v) is 10.5. The minimum absolute atomic E-state index is 0.0339. The van der Waals surface area contributed by atoms with Crippen molar-refractivity contribution in [1.82, 2.24) is 4.31 Å². The number of benzene rings is 1. The Labute approximate surface area is 192 Å². The number of nitrogens with zero attached hydrogens (tertiary/aromatic N) is 1. The molecule has 2 saturated heterocycles. The molecule has 0 aromatic heterocycles. The molecule has 2 aliphatic heterocycles. The molecule has 2 aliphatic rings. The quantitative estimate of drug-likeness (QED) is 0.624. The summed E-state index contributed by atoms with van der Waals surface area (Å²) in [5, 5.41) is 0. The van der Waals surface area contributed by atoms with Crippen molar-refractivity contribution in [2.24, 2.45) is 17.6 Å². The van der Waals surface area contributed by atoms with Crippen molar-refractivity contribution in [2.75, 3.05) is 18.1 Å². The number of nitrogens with two attached hydrogens (primary N) is 1. The first-order valence-corrected chi connectivity index (χ1v) is 14.7. The predicted molar refractivity (Wildman–Crippen MR) is 132 cm³/mol. The van der Waals surface area contributed by atoms with E-state index in [0.717, 1.165) is 32.1 Å². The van der Waals surface area contributed by atoms with Gasteiger partial charge in [-0.3, -0.25) is 4.21 Å². The summed E-state index contributed by atoms with van der Waals surface area (Å²) < 4.78 is 40.0. The molecule has 0 amide bonds. The van der Waals surface area contributed by atoms with Gasteiger partial charge in [-0.25, -0.2) is 8.42 Å². The summed E-state index contributed by atoms with van der Waals surface area (Å²) in [6.45, 7) is 10.3. The smallest absolute Gasteiger partial charge is 0.215 e. The minimum atomic E-state index is -3.28. The molecule has 5 nitrogen and oxygen atoms in total. The van der Waals surface area contributed by atoms with Crippen LogP contribution in [-0.4, -0.2) is 51.8 Å². The first-order chi connectivity index (χ1) is 14.6. The van der Waals surface area contributed by atoms with E-state index in [4.69, 9.17) is 5.73 Å². The zero-order valence-electron chi connectivity index (χ0n) is 19.9. The van der Waals surface area contributed by atoms with E-state index >= 15 is 0 Å². The monoisotopic (exact) mass is 470 g/mol. The fraction of sp³-hybridized carbons (Fsp3) is 0.750. The lowest BCUT2D eigenvalue weighted by molar-refractivity contribution is 0.153. The van der Waals surface area contributed by atoms with Crippen molar-refractivity contribution in [3.05, 3.63) is 35.9 Å². The molecule has 2 heterocycles. The maximum absolute atomic E-state index is 13.0. The Morgan fingerprint density at radius 1 is 1.10 bits per heavy atom. The number of piperidine rings is 1. The molecule has 2 fully saturated rings. The lowest BCUT2D eigenvalue weighted by Crippen LogP contribution is -2.49. The third-order valence-electron chi connectivity index (χ3n) is 6.46. The molecule has 31 heavy (non-hydrogen) atoms. The van der Waals surface area contributed by atoms with Crippen molar-refractivity contribution in [3.8, 4) is 0 Å². The highest BCUT2D eigenvalue weighted by molar-refractivity contribution is 7.89. The van der Waals surface area contributed by atoms with Gasteiger partial charge in [0.1, 0.15) is 0 Å². The van der Waals surface area contributed by atoms with Crippen LogP contribution >= 0.6 is 0 Å². The second-order valence-corrected chi connectivity index (χ2v) is 13.9. The summed E-state index contributed by atoms with van der Waals surface area (Å²) in [5.41, 5.74) is 6.82. The van der Waals surface area contributed by atoms with Gasteiger partial charge in [-0.2, -0.15) is 4.31 Å². The van der Waals surface area contributed by atoms with Crippen LogP contribution in [0.2, 0.25) is 0 Å². The molecule has 1 aromatic rings. The van der Waals surface area contributed by atoms with Crippen LogP contribution in [0, 0.1) is 11.8 Å². The highest BCUT2D eigenvalue weighted by Gasteiger charge is 2.48. The maximum atomic E-state index is 13.0. The summed E-state index contributed by atoms with van der Waals surface area (Å²) in [6.07, 6.45) is 4.53. The molecule has 0 spiro atoms. The minimum Gasteiger partial charge on any atom is -0.329 e. The molecular formula is C24H42N2O3S2.